The molecule has 0 aliphatic rings. The molecular weight excluding hydrogens is 235 g/mol. The van der Waals surface area contributed by atoms with Gasteiger partial charge >= 0.3 is 0 Å². The van der Waals surface area contributed by atoms with E-state index in [0.29, 0.717) is 12.8 Å². The first kappa shape index (κ1) is 12.3. The molecule has 0 aliphatic heterocycles. The van der Waals surface area contributed by atoms with Crippen molar-refractivity contribution in [2.24, 2.45) is 0 Å². The lowest BCUT2D eigenvalue weighted by Gasteiger charge is -2.22. The van der Waals surface area contributed by atoms with Crippen LogP contribution < -0.4 is 0 Å². The van der Waals surface area contributed by atoms with Gasteiger partial charge in [-0.2, -0.15) is 0 Å². The lowest BCUT2D eigenvalue weighted by atomic mass is 9.92. The number of aliphatic hydroxyl groups is 1. The Morgan fingerprint density at radius 2 is 1.88 bits per heavy atom. The van der Waals surface area contributed by atoms with Gasteiger partial charge in [-0.3, -0.25) is 0 Å². The van der Waals surface area contributed by atoms with Gasteiger partial charge in [0.05, 0.1) is 5.60 Å². The van der Waals surface area contributed by atoms with Crippen molar-refractivity contribution >= 4 is 11.3 Å². The second-order valence-electron chi connectivity index (χ2n) is 4.56. The van der Waals surface area contributed by atoms with Gasteiger partial charge in [0.15, 0.2) is 0 Å². The maximum Gasteiger partial charge on any atom is 0.123 e. The van der Waals surface area contributed by atoms with Gasteiger partial charge in [0, 0.05) is 17.7 Å². The SMILES string of the molecule is CC(O)(Cc1ccc(F)cc1)Cc1cccs1. The fourth-order valence-corrected chi connectivity index (χ4v) is 2.78. The first-order chi connectivity index (χ1) is 8.05. The molecule has 0 fully saturated rings. The van der Waals surface area contributed by atoms with Crippen molar-refractivity contribution in [2.45, 2.75) is 25.4 Å². The van der Waals surface area contributed by atoms with Crippen molar-refractivity contribution in [2.75, 3.05) is 0 Å². The lowest BCUT2D eigenvalue weighted by Crippen LogP contribution is -2.29. The largest absolute Gasteiger partial charge is 0.389 e. The van der Waals surface area contributed by atoms with Crippen molar-refractivity contribution in [1.29, 1.82) is 0 Å². The molecule has 3 heteroatoms. The summed E-state index contributed by atoms with van der Waals surface area (Å²) in [6, 6.07) is 10.3. The van der Waals surface area contributed by atoms with Gasteiger partial charge in [0.2, 0.25) is 0 Å². The summed E-state index contributed by atoms with van der Waals surface area (Å²) in [6.07, 6.45) is 1.16. The Hall–Kier alpha value is -1.19. The second kappa shape index (κ2) is 4.98. The van der Waals surface area contributed by atoms with Crippen molar-refractivity contribution in [3.8, 4) is 0 Å². The Labute approximate surface area is 105 Å². The van der Waals surface area contributed by atoms with Crippen molar-refractivity contribution < 1.29 is 9.50 Å². The molecule has 17 heavy (non-hydrogen) atoms. The van der Waals surface area contributed by atoms with E-state index in [9.17, 15) is 9.50 Å². The average Bonchev–Trinajstić information content (AvgIpc) is 2.73. The molecule has 0 amide bonds. The van der Waals surface area contributed by atoms with Crippen LogP contribution in [0, 0.1) is 5.82 Å². The third-order valence-electron chi connectivity index (χ3n) is 2.63. The molecule has 90 valence electrons. The van der Waals surface area contributed by atoms with E-state index in [0.717, 1.165) is 10.4 Å². The monoisotopic (exact) mass is 250 g/mol. The van der Waals surface area contributed by atoms with Crippen LogP contribution in [0.5, 0.6) is 0 Å². The van der Waals surface area contributed by atoms with E-state index >= 15 is 0 Å². The maximum atomic E-state index is 12.8. The number of hydrogen-bond acceptors (Lipinski definition) is 2. The Kier molecular flexibility index (Phi) is 3.60. The summed E-state index contributed by atoms with van der Waals surface area (Å²) in [5, 5.41) is 12.3. The molecule has 1 N–H and O–H groups in total. The molecule has 1 aromatic carbocycles. The van der Waals surface area contributed by atoms with E-state index in [1.165, 1.54) is 12.1 Å². The van der Waals surface area contributed by atoms with Crippen LogP contribution in [0.4, 0.5) is 4.39 Å². The normalized spacial score (nSPS) is 14.5. The van der Waals surface area contributed by atoms with Crippen LogP contribution in [0.1, 0.15) is 17.4 Å². The molecule has 0 saturated heterocycles. The topological polar surface area (TPSA) is 20.2 Å². The Morgan fingerprint density at radius 3 is 2.47 bits per heavy atom. The van der Waals surface area contributed by atoms with Gasteiger partial charge in [-0.15, -0.1) is 11.3 Å². The van der Waals surface area contributed by atoms with Crippen molar-refractivity contribution in [1.82, 2.24) is 0 Å². The minimum atomic E-state index is -0.789. The molecule has 0 aliphatic carbocycles. The fraction of sp³-hybridized carbons (Fsp3) is 0.286. The molecule has 1 nitrogen and oxygen atoms in total. The zero-order valence-electron chi connectivity index (χ0n) is 9.69. The number of hydrogen-bond donors (Lipinski definition) is 1. The molecule has 1 aromatic heterocycles. The summed E-state index contributed by atoms with van der Waals surface area (Å²) in [7, 11) is 0. The van der Waals surface area contributed by atoms with Gasteiger partial charge < -0.3 is 5.11 Å². The highest BCUT2D eigenvalue weighted by Crippen LogP contribution is 2.21. The summed E-state index contributed by atoms with van der Waals surface area (Å²) >= 11 is 1.64. The Bertz CT molecular complexity index is 459. The van der Waals surface area contributed by atoms with Crippen LogP contribution in [-0.2, 0) is 12.8 Å². The number of halogens is 1. The highest BCUT2D eigenvalue weighted by atomic mass is 32.1. The molecule has 0 bridgehead atoms. The first-order valence-corrected chi connectivity index (χ1v) is 6.42. The quantitative estimate of drug-likeness (QED) is 0.881. The zero-order chi connectivity index (χ0) is 12.3. The van der Waals surface area contributed by atoms with Crippen LogP contribution in [0.3, 0.4) is 0 Å². The molecule has 1 heterocycles. The summed E-state index contributed by atoms with van der Waals surface area (Å²) in [6.45, 7) is 1.82. The number of thiophene rings is 1. The van der Waals surface area contributed by atoms with Gasteiger partial charge in [0.25, 0.3) is 0 Å². The second-order valence-corrected chi connectivity index (χ2v) is 5.59. The predicted octanol–water partition coefficient (Wildman–Crippen LogP) is 3.42. The molecule has 0 radical (unpaired) electrons. The van der Waals surface area contributed by atoms with E-state index in [1.807, 2.05) is 24.4 Å². The molecule has 1 unspecified atom stereocenters. The van der Waals surface area contributed by atoms with Gasteiger partial charge in [-0.1, -0.05) is 18.2 Å². The highest BCUT2D eigenvalue weighted by molar-refractivity contribution is 7.09. The smallest absolute Gasteiger partial charge is 0.123 e. The van der Waals surface area contributed by atoms with E-state index in [-0.39, 0.29) is 5.82 Å². The lowest BCUT2D eigenvalue weighted by molar-refractivity contribution is 0.0616. The number of benzene rings is 1. The van der Waals surface area contributed by atoms with Crippen LogP contribution in [0.15, 0.2) is 41.8 Å². The number of rotatable bonds is 4. The van der Waals surface area contributed by atoms with Crippen LogP contribution in [-0.4, -0.2) is 10.7 Å². The zero-order valence-corrected chi connectivity index (χ0v) is 10.5. The standard InChI is InChI=1S/C14H15FOS/c1-14(16,10-13-3-2-8-17-13)9-11-4-6-12(15)7-5-11/h2-8,16H,9-10H2,1H3. The molecule has 1 atom stereocenters. The van der Waals surface area contributed by atoms with Crippen LogP contribution in [0.2, 0.25) is 0 Å². The molecule has 2 aromatic rings. The molecule has 0 spiro atoms. The van der Waals surface area contributed by atoms with Crippen LogP contribution >= 0.6 is 11.3 Å². The van der Waals surface area contributed by atoms with E-state index in [2.05, 4.69) is 0 Å². The van der Waals surface area contributed by atoms with Gasteiger partial charge in [-0.25, -0.2) is 4.39 Å². The minimum Gasteiger partial charge on any atom is -0.389 e. The van der Waals surface area contributed by atoms with Crippen molar-refractivity contribution in [3.63, 3.8) is 0 Å². The van der Waals surface area contributed by atoms with E-state index < -0.39 is 5.60 Å². The van der Waals surface area contributed by atoms with Crippen molar-refractivity contribution in [3.05, 3.63) is 58.0 Å². The summed E-state index contributed by atoms with van der Waals surface area (Å²) < 4.78 is 12.8. The van der Waals surface area contributed by atoms with Gasteiger partial charge in [0.1, 0.15) is 5.82 Å². The summed E-state index contributed by atoms with van der Waals surface area (Å²) in [5.41, 5.74) is 0.163. The van der Waals surface area contributed by atoms with E-state index in [4.69, 9.17) is 0 Å². The van der Waals surface area contributed by atoms with Gasteiger partial charge in [-0.05, 0) is 36.1 Å². The molecule has 0 saturated carbocycles. The average molecular weight is 250 g/mol. The Balaban J connectivity index is 2.03. The predicted molar refractivity (Wildman–Crippen MR) is 68.8 cm³/mol. The summed E-state index contributed by atoms with van der Waals surface area (Å²) in [4.78, 5) is 1.16. The third kappa shape index (κ3) is 3.65. The minimum absolute atomic E-state index is 0.244. The molecular formula is C14H15FOS. The maximum absolute atomic E-state index is 12.8. The fourth-order valence-electron chi connectivity index (χ4n) is 1.89. The summed E-state index contributed by atoms with van der Waals surface area (Å²) in [5.74, 6) is -0.244. The molecule has 2 rings (SSSR count). The van der Waals surface area contributed by atoms with Crippen LogP contribution in [0.25, 0.3) is 0 Å². The Morgan fingerprint density at radius 1 is 1.18 bits per heavy atom. The van der Waals surface area contributed by atoms with E-state index in [1.54, 1.807) is 23.5 Å². The third-order valence-corrected chi connectivity index (χ3v) is 3.51. The highest BCUT2D eigenvalue weighted by Gasteiger charge is 2.21. The first-order valence-electron chi connectivity index (χ1n) is 5.54.